The number of carbonyl (C=O) groups excluding carboxylic acids is 3. The van der Waals surface area contributed by atoms with Gasteiger partial charge < -0.3 is 19.1 Å². The van der Waals surface area contributed by atoms with E-state index in [1.807, 2.05) is 30.3 Å². The maximum atomic E-state index is 13.4. The Morgan fingerprint density at radius 3 is 2.56 bits per heavy atom. The van der Waals surface area contributed by atoms with Gasteiger partial charge in [-0.1, -0.05) is 35.5 Å². The summed E-state index contributed by atoms with van der Waals surface area (Å²) in [5, 5.41) is 4.52. The van der Waals surface area contributed by atoms with Crippen molar-refractivity contribution in [3.8, 4) is 11.3 Å². The fourth-order valence-electron chi connectivity index (χ4n) is 4.23. The minimum atomic E-state index is -0.314. The Kier molecular flexibility index (Phi) is 6.90. The number of pyridine rings is 1. The molecule has 9 heteroatoms. The van der Waals surface area contributed by atoms with Crippen molar-refractivity contribution < 1.29 is 23.6 Å². The summed E-state index contributed by atoms with van der Waals surface area (Å²) in [6, 6.07) is 11.2. The predicted octanol–water partition coefficient (Wildman–Crippen LogP) is 3.07. The molecule has 9 nitrogen and oxygen atoms in total. The molecule has 0 atom stereocenters. The number of fused-ring (bicyclic) bond motifs is 1. The molecule has 3 heterocycles. The van der Waals surface area contributed by atoms with E-state index in [1.54, 1.807) is 31.9 Å². The first-order valence-electron chi connectivity index (χ1n) is 11.4. The molecule has 2 amide bonds. The molecule has 1 aliphatic heterocycles. The number of aryl methyl sites for hydroxylation is 1. The largest absolute Gasteiger partial charge is 0.466 e. The number of ether oxygens (including phenoxy) is 1. The van der Waals surface area contributed by atoms with Gasteiger partial charge >= 0.3 is 5.97 Å². The minimum absolute atomic E-state index is 0.0717. The van der Waals surface area contributed by atoms with E-state index < -0.39 is 0 Å². The summed E-state index contributed by atoms with van der Waals surface area (Å²) in [5.74, 6) is -0.859. The number of nitrogens with zero attached hydrogens (tertiary/aromatic N) is 4. The van der Waals surface area contributed by atoms with Crippen molar-refractivity contribution in [3.05, 3.63) is 47.7 Å². The minimum Gasteiger partial charge on any atom is -0.466 e. The van der Waals surface area contributed by atoms with Crippen LogP contribution in [0.4, 0.5) is 0 Å². The first-order valence-corrected chi connectivity index (χ1v) is 11.4. The lowest BCUT2D eigenvalue weighted by atomic mass is 9.97. The van der Waals surface area contributed by atoms with Gasteiger partial charge in [-0.2, -0.15) is 0 Å². The average Bonchev–Trinajstić information content (AvgIpc) is 3.24. The number of amides is 2. The van der Waals surface area contributed by atoms with Crippen molar-refractivity contribution in [1.82, 2.24) is 19.9 Å². The highest BCUT2D eigenvalue weighted by molar-refractivity contribution is 6.07. The summed E-state index contributed by atoms with van der Waals surface area (Å²) in [5.41, 5.74) is 2.66. The van der Waals surface area contributed by atoms with Crippen LogP contribution in [-0.4, -0.2) is 71.0 Å². The van der Waals surface area contributed by atoms with E-state index in [0.29, 0.717) is 54.9 Å². The molecule has 178 valence electrons. The molecule has 0 unspecified atom stereocenters. The number of carbonyl (C=O) groups is 3. The molecule has 1 aromatic carbocycles. The maximum absolute atomic E-state index is 13.4. The SMILES string of the molecule is CCOC(=O)C1CCN(C(=O)CN(C)C(=O)c2cc(-c3ccccc3)nc3onc(C)c23)CC1. The Hall–Kier alpha value is -3.75. The van der Waals surface area contributed by atoms with Crippen LogP contribution in [0.2, 0.25) is 0 Å². The molecule has 3 aromatic rings. The van der Waals surface area contributed by atoms with E-state index in [0.717, 1.165) is 5.56 Å². The van der Waals surface area contributed by atoms with Crippen molar-refractivity contribution in [2.75, 3.05) is 33.3 Å². The highest BCUT2D eigenvalue weighted by Crippen LogP contribution is 2.28. The molecular weight excluding hydrogens is 436 g/mol. The van der Waals surface area contributed by atoms with E-state index in [1.165, 1.54) is 4.90 Å². The molecule has 0 spiro atoms. The molecule has 0 N–H and O–H groups in total. The zero-order valence-corrected chi connectivity index (χ0v) is 19.6. The lowest BCUT2D eigenvalue weighted by Gasteiger charge is -2.32. The van der Waals surface area contributed by atoms with Crippen LogP contribution in [0.25, 0.3) is 22.4 Å². The van der Waals surface area contributed by atoms with Gasteiger partial charge in [0.2, 0.25) is 5.91 Å². The normalized spacial score (nSPS) is 14.3. The third kappa shape index (κ3) is 4.78. The van der Waals surface area contributed by atoms with Crippen molar-refractivity contribution in [1.29, 1.82) is 0 Å². The number of piperidine rings is 1. The Bertz CT molecular complexity index is 1200. The number of esters is 1. The number of likely N-dealkylation sites (N-methyl/N-ethyl adjacent to an activating group) is 1. The Labute approximate surface area is 197 Å². The standard InChI is InChI=1S/C25H28N4O5/c1-4-33-25(32)18-10-12-29(13-11-18)21(30)15-28(3)24(31)19-14-20(17-8-6-5-7-9-17)26-23-22(19)16(2)27-34-23/h5-9,14,18H,4,10-13,15H2,1-3H3. The lowest BCUT2D eigenvalue weighted by Crippen LogP contribution is -2.45. The summed E-state index contributed by atoms with van der Waals surface area (Å²) in [7, 11) is 1.60. The van der Waals surface area contributed by atoms with Crippen molar-refractivity contribution in [2.45, 2.75) is 26.7 Å². The van der Waals surface area contributed by atoms with Gasteiger partial charge in [0.1, 0.15) is 0 Å². The van der Waals surface area contributed by atoms with Gasteiger partial charge in [-0.25, -0.2) is 4.98 Å². The van der Waals surface area contributed by atoms with E-state index in [4.69, 9.17) is 9.26 Å². The number of hydrogen-bond donors (Lipinski definition) is 0. The van der Waals surface area contributed by atoms with Crippen LogP contribution in [0.3, 0.4) is 0 Å². The van der Waals surface area contributed by atoms with Gasteiger partial charge in [-0.3, -0.25) is 14.4 Å². The second kappa shape index (κ2) is 10.0. The van der Waals surface area contributed by atoms with E-state index in [9.17, 15) is 14.4 Å². The van der Waals surface area contributed by atoms with Gasteiger partial charge in [-0.05, 0) is 32.8 Å². The quantitative estimate of drug-likeness (QED) is 0.516. The zero-order valence-electron chi connectivity index (χ0n) is 19.6. The molecule has 0 saturated carbocycles. The van der Waals surface area contributed by atoms with Crippen LogP contribution in [0.5, 0.6) is 0 Å². The summed E-state index contributed by atoms with van der Waals surface area (Å²) >= 11 is 0. The molecule has 34 heavy (non-hydrogen) atoms. The molecule has 1 fully saturated rings. The third-order valence-corrected chi connectivity index (χ3v) is 6.10. The smallest absolute Gasteiger partial charge is 0.309 e. The van der Waals surface area contributed by atoms with E-state index >= 15 is 0 Å². The first-order chi connectivity index (χ1) is 16.4. The third-order valence-electron chi connectivity index (χ3n) is 6.10. The van der Waals surface area contributed by atoms with Gasteiger partial charge in [0.15, 0.2) is 0 Å². The fraction of sp³-hybridized carbons (Fsp3) is 0.400. The van der Waals surface area contributed by atoms with Crippen LogP contribution < -0.4 is 0 Å². The average molecular weight is 465 g/mol. The molecular formula is C25H28N4O5. The van der Waals surface area contributed by atoms with Crippen molar-refractivity contribution >= 4 is 28.9 Å². The Morgan fingerprint density at radius 2 is 1.88 bits per heavy atom. The highest BCUT2D eigenvalue weighted by atomic mass is 16.5. The second-order valence-corrected chi connectivity index (χ2v) is 8.44. The predicted molar refractivity (Wildman–Crippen MR) is 125 cm³/mol. The van der Waals surface area contributed by atoms with Crippen LogP contribution in [0.15, 0.2) is 40.9 Å². The molecule has 0 aliphatic carbocycles. The van der Waals surface area contributed by atoms with Crippen LogP contribution in [0.1, 0.15) is 35.8 Å². The summed E-state index contributed by atoms with van der Waals surface area (Å²) in [6.45, 7) is 4.75. The summed E-state index contributed by atoms with van der Waals surface area (Å²) in [6.07, 6.45) is 1.13. The van der Waals surface area contributed by atoms with Gasteiger partial charge in [0.05, 0.1) is 41.4 Å². The lowest BCUT2D eigenvalue weighted by molar-refractivity contribution is -0.151. The second-order valence-electron chi connectivity index (χ2n) is 8.44. The number of rotatable bonds is 6. The highest BCUT2D eigenvalue weighted by Gasteiger charge is 2.30. The summed E-state index contributed by atoms with van der Waals surface area (Å²) in [4.78, 5) is 45.9. The van der Waals surface area contributed by atoms with Gasteiger partial charge in [0.25, 0.3) is 11.6 Å². The zero-order chi connectivity index (χ0) is 24.2. The Morgan fingerprint density at radius 1 is 1.18 bits per heavy atom. The van der Waals surface area contributed by atoms with E-state index in [-0.39, 0.29) is 36.0 Å². The molecule has 0 bridgehead atoms. The van der Waals surface area contributed by atoms with Crippen LogP contribution in [-0.2, 0) is 14.3 Å². The fourth-order valence-corrected chi connectivity index (χ4v) is 4.23. The Balaban J connectivity index is 1.49. The molecule has 1 saturated heterocycles. The topological polar surface area (TPSA) is 106 Å². The van der Waals surface area contributed by atoms with Crippen LogP contribution in [0, 0.1) is 12.8 Å². The van der Waals surface area contributed by atoms with E-state index in [2.05, 4.69) is 10.1 Å². The maximum Gasteiger partial charge on any atom is 0.309 e. The van der Waals surface area contributed by atoms with Crippen molar-refractivity contribution in [2.24, 2.45) is 5.92 Å². The first kappa shape index (κ1) is 23.4. The molecule has 4 rings (SSSR count). The number of likely N-dealkylation sites (tertiary alicyclic amines) is 1. The number of aromatic nitrogens is 2. The molecule has 2 aromatic heterocycles. The van der Waals surface area contributed by atoms with Crippen molar-refractivity contribution in [3.63, 3.8) is 0 Å². The number of hydrogen-bond acceptors (Lipinski definition) is 7. The summed E-state index contributed by atoms with van der Waals surface area (Å²) < 4.78 is 10.4. The number of benzene rings is 1. The van der Waals surface area contributed by atoms with Crippen LogP contribution >= 0.6 is 0 Å². The van der Waals surface area contributed by atoms with Gasteiger partial charge in [0, 0.05) is 25.7 Å². The molecule has 0 radical (unpaired) electrons. The monoisotopic (exact) mass is 464 g/mol. The van der Waals surface area contributed by atoms with Gasteiger partial charge in [-0.15, -0.1) is 0 Å². The molecule has 1 aliphatic rings.